The van der Waals surface area contributed by atoms with E-state index in [9.17, 15) is 18.7 Å². The Kier molecular flexibility index (Phi) is 4.00. The van der Waals surface area contributed by atoms with E-state index in [1.807, 2.05) is 0 Å². The van der Waals surface area contributed by atoms with Crippen molar-refractivity contribution in [1.29, 1.82) is 0 Å². The second kappa shape index (κ2) is 5.96. The minimum atomic E-state index is -1.07. The number of halogens is 2. The molecule has 0 bridgehead atoms. The number of carbonyl (C=O) groups is 1. The summed E-state index contributed by atoms with van der Waals surface area (Å²) in [7, 11) is 1.52. The molecule has 1 N–H and O–H groups in total. The topological polar surface area (TPSA) is 49.8 Å². The number of nitrogens with zero attached hydrogens (tertiary/aromatic N) is 1. The second-order valence-corrected chi connectivity index (χ2v) is 5.31. The Bertz CT molecular complexity index is 763. The molecule has 2 aromatic carbocycles. The maximum atomic E-state index is 13.4. The van der Waals surface area contributed by atoms with Gasteiger partial charge in [-0.2, -0.15) is 0 Å². The van der Waals surface area contributed by atoms with Crippen LogP contribution in [0.3, 0.4) is 0 Å². The molecule has 4 nitrogen and oxygen atoms in total. The third-order valence-electron chi connectivity index (χ3n) is 3.92. The van der Waals surface area contributed by atoms with Gasteiger partial charge >= 0.3 is 0 Å². The molecule has 0 spiro atoms. The van der Waals surface area contributed by atoms with Crippen molar-refractivity contribution in [2.45, 2.75) is 12.5 Å². The predicted octanol–water partition coefficient (Wildman–Crippen LogP) is 3.06. The first-order valence-corrected chi connectivity index (χ1v) is 7.14. The number of hydrogen-bond donors (Lipinski definition) is 1. The van der Waals surface area contributed by atoms with Gasteiger partial charge in [0.2, 0.25) is 0 Å². The van der Waals surface area contributed by atoms with Crippen LogP contribution in [0.2, 0.25) is 0 Å². The fourth-order valence-corrected chi connectivity index (χ4v) is 2.70. The monoisotopic (exact) mass is 319 g/mol. The number of ether oxygens (including phenoxy) is 1. The molecule has 1 aliphatic heterocycles. The third kappa shape index (κ3) is 2.77. The molecule has 0 aromatic heterocycles. The van der Waals surface area contributed by atoms with Crippen LogP contribution in [-0.2, 0) is 0 Å². The number of benzene rings is 2. The maximum absolute atomic E-state index is 13.4. The Morgan fingerprint density at radius 3 is 2.70 bits per heavy atom. The highest BCUT2D eigenvalue weighted by molar-refractivity contribution is 6.06. The van der Waals surface area contributed by atoms with Crippen LogP contribution in [0.4, 0.5) is 14.5 Å². The van der Waals surface area contributed by atoms with E-state index < -0.39 is 23.6 Å². The van der Waals surface area contributed by atoms with Gasteiger partial charge in [-0.25, -0.2) is 8.78 Å². The first-order chi connectivity index (χ1) is 11.0. The Morgan fingerprint density at radius 2 is 2.00 bits per heavy atom. The van der Waals surface area contributed by atoms with Gasteiger partial charge < -0.3 is 14.7 Å². The van der Waals surface area contributed by atoms with Crippen LogP contribution < -0.4 is 9.64 Å². The summed E-state index contributed by atoms with van der Waals surface area (Å²) in [5.41, 5.74) is 1.17. The van der Waals surface area contributed by atoms with Gasteiger partial charge in [0.1, 0.15) is 5.75 Å². The maximum Gasteiger partial charge on any atom is 0.258 e. The van der Waals surface area contributed by atoms with Crippen molar-refractivity contribution >= 4 is 11.6 Å². The molecule has 6 heteroatoms. The minimum absolute atomic E-state index is 0.0575. The average Bonchev–Trinajstić information content (AvgIpc) is 2.57. The fourth-order valence-electron chi connectivity index (χ4n) is 2.70. The second-order valence-electron chi connectivity index (χ2n) is 5.31. The van der Waals surface area contributed by atoms with Crippen molar-refractivity contribution in [2.24, 2.45) is 0 Å². The van der Waals surface area contributed by atoms with Gasteiger partial charge in [0.05, 0.1) is 18.9 Å². The van der Waals surface area contributed by atoms with E-state index in [1.54, 1.807) is 18.2 Å². The summed E-state index contributed by atoms with van der Waals surface area (Å²) in [6.45, 7) is 0.290. The van der Waals surface area contributed by atoms with E-state index in [-0.39, 0.29) is 5.56 Å². The summed E-state index contributed by atoms with van der Waals surface area (Å²) < 4.78 is 31.5. The predicted molar refractivity (Wildman–Crippen MR) is 80.6 cm³/mol. The minimum Gasteiger partial charge on any atom is -0.497 e. The standard InChI is InChI=1S/C17H15F2NO3/c1-23-11-3-5-15-12(9-11)16(21)6-7-20(15)17(22)10-2-4-13(18)14(19)8-10/h2-5,8-9,16,21H,6-7H2,1H3. The number of rotatable bonds is 2. The summed E-state index contributed by atoms with van der Waals surface area (Å²) in [5, 5.41) is 10.1. The molecule has 1 amide bonds. The van der Waals surface area contributed by atoms with Gasteiger partial charge in [0.25, 0.3) is 5.91 Å². The average molecular weight is 319 g/mol. The lowest BCUT2D eigenvalue weighted by Gasteiger charge is -2.32. The number of methoxy groups -OCH3 is 1. The van der Waals surface area contributed by atoms with E-state index in [4.69, 9.17) is 4.74 Å². The third-order valence-corrected chi connectivity index (χ3v) is 3.92. The number of amides is 1. The Morgan fingerprint density at radius 1 is 1.22 bits per heavy atom. The SMILES string of the molecule is COc1ccc2c(c1)C(O)CCN2C(=O)c1ccc(F)c(F)c1. The smallest absolute Gasteiger partial charge is 0.258 e. The summed E-state index contributed by atoms with van der Waals surface area (Å²) in [4.78, 5) is 14.1. The number of hydrogen-bond acceptors (Lipinski definition) is 3. The number of anilines is 1. The lowest BCUT2D eigenvalue weighted by Crippen LogP contribution is -2.36. The molecule has 23 heavy (non-hydrogen) atoms. The molecule has 120 valence electrons. The van der Waals surface area contributed by atoms with Crippen molar-refractivity contribution in [3.63, 3.8) is 0 Å². The zero-order chi connectivity index (χ0) is 16.6. The summed E-state index contributed by atoms with van der Waals surface area (Å²) in [5.74, 6) is -1.93. The van der Waals surface area contributed by atoms with Gasteiger partial charge in [0.15, 0.2) is 11.6 Å². The van der Waals surface area contributed by atoms with E-state index >= 15 is 0 Å². The van der Waals surface area contributed by atoms with E-state index in [0.29, 0.717) is 30.0 Å². The first-order valence-electron chi connectivity index (χ1n) is 7.14. The van der Waals surface area contributed by atoms with Crippen LogP contribution in [0.25, 0.3) is 0 Å². The molecule has 0 aliphatic carbocycles. The van der Waals surface area contributed by atoms with Gasteiger partial charge in [0, 0.05) is 17.7 Å². The molecule has 1 aliphatic rings. The zero-order valence-corrected chi connectivity index (χ0v) is 12.4. The number of carbonyl (C=O) groups excluding carboxylic acids is 1. The van der Waals surface area contributed by atoms with Crippen LogP contribution in [0.5, 0.6) is 5.75 Å². The van der Waals surface area contributed by atoms with Crippen molar-refractivity contribution < 1.29 is 23.4 Å². The van der Waals surface area contributed by atoms with Gasteiger partial charge in [-0.05, 0) is 42.8 Å². The van der Waals surface area contributed by atoms with Crippen LogP contribution in [0.1, 0.15) is 28.4 Å². The fraction of sp³-hybridized carbons (Fsp3) is 0.235. The van der Waals surface area contributed by atoms with E-state index in [0.717, 1.165) is 12.1 Å². The molecule has 1 heterocycles. The summed E-state index contributed by atoms with van der Waals surface area (Å²) in [6, 6.07) is 8.08. The summed E-state index contributed by atoms with van der Waals surface area (Å²) >= 11 is 0. The molecule has 2 aromatic rings. The first kappa shape index (κ1) is 15.4. The molecular weight excluding hydrogens is 304 g/mol. The molecule has 0 saturated heterocycles. The highest BCUT2D eigenvalue weighted by Crippen LogP contribution is 2.37. The highest BCUT2D eigenvalue weighted by atomic mass is 19.2. The molecule has 0 saturated carbocycles. The van der Waals surface area contributed by atoms with E-state index in [1.165, 1.54) is 18.1 Å². The van der Waals surface area contributed by atoms with Gasteiger partial charge in [-0.3, -0.25) is 4.79 Å². The largest absolute Gasteiger partial charge is 0.497 e. The van der Waals surface area contributed by atoms with Gasteiger partial charge in [-0.15, -0.1) is 0 Å². The Labute approximate surface area is 131 Å². The molecule has 0 fully saturated rings. The molecule has 1 unspecified atom stereocenters. The number of aliphatic hydroxyl groups is 1. The van der Waals surface area contributed by atoms with Crippen molar-refractivity contribution in [2.75, 3.05) is 18.6 Å². The van der Waals surface area contributed by atoms with Crippen LogP contribution in [-0.4, -0.2) is 24.7 Å². The number of aliphatic hydroxyl groups excluding tert-OH is 1. The molecule has 3 rings (SSSR count). The lowest BCUT2D eigenvalue weighted by atomic mass is 9.97. The van der Waals surface area contributed by atoms with Crippen molar-refractivity contribution in [3.8, 4) is 5.75 Å². The van der Waals surface area contributed by atoms with Gasteiger partial charge in [-0.1, -0.05) is 0 Å². The Balaban J connectivity index is 1.99. The molecule has 0 radical (unpaired) electrons. The normalized spacial score (nSPS) is 16.9. The van der Waals surface area contributed by atoms with Crippen molar-refractivity contribution in [3.05, 3.63) is 59.2 Å². The van der Waals surface area contributed by atoms with Crippen LogP contribution in [0.15, 0.2) is 36.4 Å². The number of fused-ring (bicyclic) bond motifs is 1. The quantitative estimate of drug-likeness (QED) is 0.925. The van der Waals surface area contributed by atoms with Crippen molar-refractivity contribution in [1.82, 2.24) is 0 Å². The molecular formula is C17H15F2NO3. The van der Waals surface area contributed by atoms with Crippen LogP contribution >= 0.6 is 0 Å². The zero-order valence-electron chi connectivity index (χ0n) is 12.4. The Hall–Kier alpha value is -2.47. The lowest BCUT2D eigenvalue weighted by molar-refractivity contribution is 0.0970. The molecule has 1 atom stereocenters. The van der Waals surface area contributed by atoms with Crippen LogP contribution in [0, 0.1) is 11.6 Å². The highest BCUT2D eigenvalue weighted by Gasteiger charge is 2.29. The van der Waals surface area contributed by atoms with E-state index in [2.05, 4.69) is 0 Å². The summed E-state index contributed by atoms with van der Waals surface area (Å²) in [6.07, 6.45) is -0.343.